The predicted molar refractivity (Wildman–Crippen MR) is 95.9 cm³/mol. The highest BCUT2D eigenvalue weighted by Crippen LogP contribution is 2.38. The maximum absolute atomic E-state index is 12.9. The highest BCUT2D eigenvalue weighted by atomic mass is 16.6. The van der Waals surface area contributed by atoms with Gasteiger partial charge in [-0.1, -0.05) is 20.4 Å². The van der Waals surface area contributed by atoms with Gasteiger partial charge in [-0.05, 0) is 18.9 Å². The first-order valence-corrected chi connectivity index (χ1v) is 9.06. The molecule has 0 saturated heterocycles. The number of esters is 3. The zero-order chi connectivity index (χ0) is 20.8. The van der Waals surface area contributed by atoms with E-state index < -0.39 is 41.4 Å². The summed E-state index contributed by atoms with van der Waals surface area (Å²) in [6.45, 7) is 9.71. The fourth-order valence-electron chi connectivity index (χ4n) is 3.71. The Bertz CT molecular complexity index is 883. The third-order valence-corrected chi connectivity index (χ3v) is 5.75. The zero-order valence-electron chi connectivity index (χ0n) is 16.3. The van der Waals surface area contributed by atoms with Crippen LogP contribution in [0.15, 0.2) is 24.4 Å². The molecule has 0 bridgehead atoms. The third kappa shape index (κ3) is 3.12. The molecule has 0 fully saturated rings. The minimum Gasteiger partial charge on any atom is -0.458 e. The van der Waals surface area contributed by atoms with Crippen molar-refractivity contribution in [3.63, 3.8) is 0 Å². The Labute approximate surface area is 162 Å². The maximum atomic E-state index is 12.9. The Morgan fingerprint density at radius 2 is 2.00 bits per heavy atom. The van der Waals surface area contributed by atoms with Crippen molar-refractivity contribution in [1.82, 2.24) is 4.57 Å². The number of nitrogens with zero attached hydrogens (tertiary/aromatic N) is 1. The summed E-state index contributed by atoms with van der Waals surface area (Å²) in [6, 6.07) is 1.64. The minimum atomic E-state index is -1.62. The molecular weight excluding hydrogens is 366 g/mol. The lowest BCUT2D eigenvalue weighted by Crippen LogP contribution is -2.49. The first-order valence-electron chi connectivity index (χ1n) is 9.06. The maximum Gasteiger partial charge on any atom is 0.350 e. The van der Waals surface area contributed by atoms with Crippen LogP contribution in [0.4, 0.5) is 0 Å². The molecule has 2 aliphatic heterocycles. The second-order valence-electron chi connectivity index (χ2n) is 7.47. The summed E-state index contributed by atoms with van der Waals surface area (Å²) in [4.78, 5) is 49.4. The van der Waals surface area contributed by atoms with E-state index in [0.717, 1.165) is 0 Å². The number of hydrogen-bond donors (Lipinski definition) is 0. The van der Waals surface area contributed by atoms with E-state index in [2.05, 4.69) is 6.58 Å². The molecule has 0 unspecified atom stereocenters. The fourth-order valence-corrected chi connectivity index (χ4v) is 3.71. The van der Waals surface area contributed by atoms with Crippen molar-refractivity contribution in [2.24, 2.45) is 11.8 Å². The average Bonchev–Trinajstić information content (AvgIpc) is 3.18. The molecule has 1 aromatic rings. The molecule has 4 atom stereocenters. The Morgan fingerprint density at radius 1 is 1.32 bits per heavy atom. The number of rotatable bonds is 1. The monoisotopic (exact) mass is 389 g/mol. The van der Waals surface area contributed by atoms with Gasteiger partial charge in [0.15, 0.2) is 6.10 Å². The van der Waals surface area contributed by atoms with Crippen LogP contribution in [-0.4, -0.2) is 34.0 Å². The Balaban J connectivity index is 2.05. The van der Waals surface area contributed by atoms with E-state index in [0.29, 0.717) is 11.3 Å². The van der Waals surface area contributed by atoms with Gasteiger partial charge in [-0.15, -0.1) is 0 Å². The molecule has 3 heterocycles. The van der Waals surface area contributed by atoms with Gasteiger partial charge in [-0.2, -0.15) is 0 Å². The summed E-state index contributed by atoms with van der Waals surface area (Å²) < 4.78 is 17.7. The van der Waals surface area contributed by atoms with Gasteiger partial charge in [0.25, 0.3) is 0 Å². The van der Waals surface area contributed by atoms with Crippen LogP contribution in [0.25, 0.3) is 0 Å². The molecular formula is C20H23NO7. The van der Waals surface area contributed by atoms with E-state index in [1.807, 2.05) is 0 Å². The summed E-state index contributed by atoms with van der Waals surface area (Å²) >= 11 is 0. The van der Waals surface area contributed by atoms with Crippen LogP contribution in [0, 0.1) is 11.8 Å². The normalized spacial score (nSPS) is 30.6. The number of hydrogen-bond acceptors (Lipinski definition) is 7. The average molecular weight is 389 g/mol. The summed E-state index contributed by atoms with van der Waals surface area (Å²) in [5.74, 6) is -3.41. The van der Waals surface area contributed by atoms with Crippen LogP contribution in [0.3, 0.4) is 0 Å². The van der Waals surface area contributed by atoms with Gasteiger partial charge in [-0.25, -0.2) is 9.59 Å². The lowest BCUT2D eigenvalue weighted by atomic mass is 9.77. The highest BCUT2D eigenvalue weighted by molar-refractivity contribution is 5.91. The summed E-state index contributed by atoms with van der Waals surface area (Å²) in [5.41, 5.74) is -0.465. The Hall–Kier alpha value is -2.90. The Kier molecular flexibility index (Phi) is 4.91. The van der Waals surface area contributed by atoms with E-state index in [9.17, 15) is 19.2 Å². The van der Waals surface area contributed by atoms with Gasteiger partial charge in [0, 0.05) is 30.2 Å². The largest absolute Gasteiger partial charge is 0.458 e. The molecule has 0 saturated carbocycles. The van der Waals surface area contributed by atoms with Gasteiger partial charge in [0.1, 0.15) is 6.61 Å². The Morgan fingerprint density at radius 3 is 2.64 bits per heavy atom. The summed E-state index contributed by atoms with van der Waals surface area (Å²) in [5, 5.41) is 0. The van der Waals surface area contributed by atoms with E-state index in [-0.39, 0.29) is 24.5 Å². The topological polar surface area (TPSA) is 101 Å². The van der Waals surface area contributed by atoms with E-state index >= 15 is 0 Å². The molecule has 0 amide bonds. The molecule has 0 aromatic carbocycles. The molecule has 8 heteroatoms. The first kappa shape index (κ1) is 19.9. The van der Waals surface area contributed by atoms with Crippen molar-refractivity contribution >= 4 is 23.8 Å². The SMILES string of the molecule is C=C1C(=O)O[C@@H]2CC(=O)n3ccc(c32)COC(=O)[C@](C)(OC(C)=O)[C@H](C)[C@@H]1C. The number of carbonyl (C=O) groups is 4. The van der Waals surface area contributed by atoms with Crippen molar-refractivity contribution in [2.45, 2.75) is 52.4 Å². The number of aromatic nitrogens is 1. The van der Waals surface area contributed by atoms with Crippen LogP contribution in [0.1, 0.15) is 56.3 Å². The molecule has 0 aliphatic carbocycles. The van der Waals surface area contributed by atoms with E-state index in [1.54, 1.807) is 26.1 Å². The van der Waals surface area contributed by atoms with Crippen molar-refractivity contribution in [1.29, 1.82) is 0 Å². The van der Waals surface area contributed by atoms with Crippen molar-refractivity contribution in [3.8, 4) is 0 Å². The van der Waals surface area contributed by atoms with Crippen molar-refractivity contribution in [2.75, 3.05) is 0 Å². The number of cyclic esters (lactones) is 1. The summed E-state index contributed by atoms with van der Waals surface area (Å²) in [6.07, 6.45) is 0.812. The molecule has 0 N–H and O–H groups in total. The van der Waals surface area contributed by atoms with Gasteiger partial charge < -0.3 is 14.2 Å². The van der Waals surface area contributed by atoms with Gasteiger partial charge in [-0.3, -0.25) is 14.2 Å². The third-order valence-electron chi connectivity index (χ3n) is 5.75. The quantitative estimate of drug-likeness (QED) is 0.413. The van der Waals surface area contributed by atoms with Crippen molar-refractivity contribution < 1.29 is 33.4 Å². The van der Waals surface area contributed by atoms with Crippen LogP contribution >= 0.6 is 0 Å². The van der Waals surface area contributed by atoms with Crippen LogP contribution < -0.4 is 0 Å². The molecule has 3 rings (SSSR count). The number of carbonyl (C=O) groups excluding carboxylic acids is 4. The second kappa shape index (κ2) is 6.92. The van der Waals surface area contributed by atoms with Crippen LogP contribution in [-0.2, 0) is 35.2 Å². The zero-order valence-corrected chi connectivity index (χ0v) is 16.3. The fraction of sp³-hybridized carbons (Fsp3) is 0.500. The molecule has 1 aromatic heterocycles. The lowest BCUT2D eigenvalue weighted by molar-refractivity contribution is -0.188. The molecule has 8 nitrogen and oxygen atoms in total. The predicted octanol–water partition coefficient (Wildman–Crippen LogP) is 2.32. The van der Waals surface area contributed by atoms with E-state index in [4.69, 9.17) is 14.2 Å². The highest BCUT2D eigenvalue weighted by Gasteiger charge is 2.48. The van der Waals surface area contributed by atoms with Gasteiger partial charge in [0.2, 0.25) is 11.5 Å². The summed E-state index contributed by atoms with van der Waals surface area (Å²) in [7, 11) is 0. The minimum absolute atomic E-state index is 0.0191. The van der Waals surface area contributed by atoms with Crippen LogP contribution in [0.5, 0.6) is 0 Å². The number of ether oxygens (including phenoxy) is 3. The molecule has 150 valence electrons. The molecule has 0 radical (unpaired) electrons. The molecule has 0 spiro atoms. The second-order valence-corrected chi connectivity index (χ2v) is 7.47. The first-order chi connectivity index (χ1) is 13.1. The van der Waals surface area contributed by atoms with Crippen molar-refractivity contribution in [3.05, 3.63) is 35.7 Å². The lowest BCUT2D eigenvalue weighted by Gasteiger charge is -2.36. The van der Waals surface area contributed by atoms with Gasteiger partial charge in [0.05, 0.1) is 12.1 Å². The standard InChI is InChI=1S/C20H23NO7/c1-10-11(2)18(24)27-15-8-16(23)21-7-6-14(17(15)21)9-26-19(25)20(5,12(10)3)28-13(4)22/h6-7,10,12,15H,2,8-9H2,1,3-5H3/t10-,12-,15-,20-/m1/s1. The molecule has 2 aliphatic rings. The van der Waals surface area contributed by atoms with Gasteiger partial charge >= 0.3 is 17.9 Å². The van der Waals surface area contributed by atoms with E-state index in [1.165, 1.54) is 18.4 Å². The molecule has 28 heavy (non-hydrogen) atoms. The smallest absolute Gasteiger partial charge is 0.350 e. The van der Waals surface area contributed by atoms with Crippen LogP contribution in [0.2, 0.25) is 0 Å².